The van der Waals surface area contributed by atoms with Gasteiger partial charge >= 0.3 is 0 Å². The van der Waals surface area contributed by atoms with Gasteiger partial charge in [0.2, 0.25) is 0 Å². The fourth-order valence-corrected chi connectivity index (χ4v) is 5.27. The maximum absolute atomic E-state index is 6.27. The predicted molar refractivity (Wildman–Crippen MR) is 107 cm³/mol. The summed E-state index contributed by atoms with van der Waals surface area (Å²) in [6.45, 7) is 13.4. The van der Waals surface area contributed by atoms with Crippen molar-refractivity contribution in [3.8, 4) is 0 Å². The lowest BCUT2D eigenvalue weighted by molar-refractivity contribution is -0.285. The van der Waals surface area contributed by atoms with E-state index in [9.17, 15) is 0 Å². The van der Waals surface area contributed by atoms with Gasteiger partial charge in [-0.1, -0.05) is 34.1 Å². The third-order valence-corrected chi connectivity index (χ3v) is 7.27. The second kappa shape index (κ2) is 10.0. The molecule has 0 aromatic rings. The molecule has 0 amide bonds. The van der Waals surface area contributed by atoms with Crippen LogP contribution in [0.1, 0.15) is 59.8 Å². The second-order valence-corrected chi connectivity index (χ2v) is 8.64. The molecule has 2 atom stereocenters. The van der Waals surface area contributed by atoms with Crippen LogP contribution in [0.2, 0.25) is 0 Å². The van der Waals surface area contributed by atoms with Crippen molar-refractivity contribution in [2.45, 2.75) is 72.0 Å². The van der Waals surface area contributed by atoms with Crippen molar-refractivity contribution < 1.29 is 23.7 Å². The van der Waals surface area contributed by atoms with Crippen LogP contribution in [0.25, 0.3) is 0 Å². The molecule has 0 saturated carbocycles. The predicted octanol–water partition coefficient (Wildman–Crippen LogP) is 4.08. The van der Waals surface area contributed by atoms with Crippen LogP contribution in [0.3, 0.4) is 0 Å². The molecule has 0 aromatic carbocycles. The number of ether oxygens (including phenoxy) is 5. The van der Waals surface area contributed by atoms with Gasteiger partial charge in [0, 0.05) is 37.1 Å². The SMILES string of the molecule is CCCCOCC(CC)(C(OC)C1(CC)COC1)C(OC)C1(CC)COC1. The molecular weight excluding hydrogens is 344 g/mol. The van der Waals surface area contributed by atoms with Gasteiger partial charge in [0.05, 0.1) is 45.2 Å². The van der Waals surface area contributed by atoms with E-state index in [1.165, 1.54) is 0 Å². The van der Waals surface area contributed by atoms with E-state index in [1.54, 1.807) is 0 Å². The molecular formula is C22H42O5. The topological polar surface area (TPSA) is 46.2 Å². The standard InChI is InChI=1S/C22H42O5/c1-7-11-12-25-17-22(10-4,18(23-5)20(8-2)13-26-14-20)19(24-6)21(9-3)15-27-16-21/h18-19H,7-17H2,1-6H3. The Balaban J connectivity index is 2.41. The monoisotopic (exact) mass is 386 g/mol. The lowest BCUT2D eigenvalue weighted by atomic mass is 9.56. The van der Waals surface area contributed by atoms with Crippen LogP contribution >= 0.6 is 0 Å². The minimum atomic E-state index is -0.225. The van der Waals surface area contributed by atoms with Crippen LogP contribution < -0.4 is 0 Å². The van der Waals surface area contributed by atoms with Crippen molar-refractivity contribution in [2.75, 3.05) is 53.9 Å². The first-order chi connectivity index (χ1) is 13.0. The summed E-state index contributed by atoms with van der Waals surface area (Å²) in [6, 6.07) is 0. The minimum absolute atomic E-state index is 0.0318. The molecule has 2 unspecified atom stereocenters. The van der Waals surface area contributed by atoms with Gasteiger partial charge in [0.1, 0.15) is 0 Å². The molecule has 0 bridgehead atoms. The highest BCUT2D eigenvalue weighted by atomic mass is 16.5. The normalized spacial score (nSPS) is 25.1. The molecule has 2 aliphatic rings. The van der Waals surface area contributed by atoms with Crippen molar-refractivity contribution in [3.63, 3.8) is 0 Å². The Kier molecular flexibility index (Phi) is 8.56. The van der Waals surface area contributed by atoms with Crippen molar-refractivity contribution in [1.82, 2.24) is 0 Å². The highest BCUT2D eigenvalue weighted by molar-refractivity contribution is 5.10. The van der Waals surface area contributed by atoms with Crippen molar-refractivity contribution in [3.05, 3.63) is 0 Å². The molecule has 2 fully saturated rings. The lowest BCUT2D eigenvalue weighted by Crippen LogP contribution is -2.68. The Bertz CT molecular complexity index is 389. The summed E-state index contributed by atoms with van der Waals surface area (Å²) in [5.41, 5.74) is -0.152. The Hall–Kier alpha value is -0.200. The van der Waals surface area contributed by atoms with Gasteiger partial charge in [-0.25, -0.2) is 0 Å². The fourth-order valence-electron chi connectivity index (χ4n) is 5.27. The zero-order chi connectivity index (χ0) is 20.0. The average Bonchev–Trinajstić information content (AvgIpc) is 2.62. The second-order valence-electron chi connectivity index (χ2n) is 8.64. The molecule has 2 heterocycles. The van der Waals surface area contributed by atoms with E-state index in [1.807, 2.05) is 14.2 Å². The Morgan fingerprint density at radius 2 is 1.33 bits per heavy atom. The van der Waals surface area contributed by atoms with E-state index in [2.05, 4.69) is 27.7 Å². The van der Waals surface area contributed by atoms with Gasteiger partial charge in [-0.15, -0.1) is 0 Å². The largest absolute Gasteiger partial charge is 0.381 e. The maximum Gasteiger partial charge on any atom is 0.0774 e. The molecule has 0 N–H and O–H groups in total. The van der Waals surface area contributed by atoms with Crippen LogP contribution in [0.5, 0.6) is 0 Å². The zero-order valence-corrected chi connectivity index (χ0v) is 18.5. The van der Waals surface area contributed by atoms with Gasteiger partial charge < -0.3 is 23.7 Å². The van der Waals surface area contributed by atoms with Gasteiger partial charge in [-0.3, -0.25) is 0 Å². The van der Waals surface area contributed by atoms with Gasteiger partial charge in [0.15, 0.2) is 0 Å². The van der Waals surface area contributed by atoms with Crippen LogP contribution in [0, 0.1) is 16.2 Å². The third-order valence-electron chi connectivity index (χ3n) is 7.27. The molecule has 27 heavy (non-hydrogen) atoms. The molecule has 0 aliphatic carbocycles. The summed E-state index contributed by atoms with van der Waals surface area (Å²) in [4.78, 5) is 0. The van der Waals surface area contributed by atoms with E-state index >= 15 is 0 Å². The molecule has 2 rings (SSSR count). The number of unbranched alkanes of at least 4 members (excludes halogenated alkanes) is 1. The van der Waals surface area contributed by atoms with Crippen LogP contribution in [-0.4, -0.2) is 66.1 Å². The Morgan fingerprint density at radius 1 is 0.852 bits per heavy atom. The minimum Gasteiger partial charge on any atom is -0.381 e. The summed E-state index contributed by atoms with van der Waals surface area (Å²) in [5.74, 6) is 0. The van der Waals surface area contributed by atoms with Gasteiger partial charge in [-0.05, 0) is 25.7 Å². The van der Waals surface area contributed by atoms with E-state index in [4.69, 9.17) is 23.7 Å². The first-order valence-electron chi connectivity index (χ1n) is 10.8. The molecule has 2 saturated heterocycles. The Labute approximate surface area is 166 Å². The third kappa shape index (κ3) is 4.09. The summed E-state index contributed by atoms with van der Waals surface area (Å²) < 4.78 is 30.2. The molecule has 5 heteroatoms. The fraction of sp³-hybridized carbons (Fsp3) is 1.00. The highest BCUT2D eigenvalue weighted by Crippen LogP contribution is 2.54. The number of rotatable bonds is 14. The van der Waals surface area contributed by atoms with E-state index in [0.717, 1.165) is 65.1 Å². The first-order valence-corrected chi connectivity index (χ1v) is 10.8. The van der Waals surface area contributed by atoms with Crippen LogP contribution in [-0.2, 0) is 23.7 Å². The molecule has 0 spiro atoms. The van der Waals surface area contributed by atoms with Crippen molar-refractivity contribution >= 4 is 0 Å². The van der Waals surface area contributed by atoms with Crippen LogP contribution in [0.15, 0.2) is 0 Å². The molecule has 0 radical (unpaired) electrons. The smallest absolute Gasteiger partial charge is 0.0774 e. The average molecular weight is 387 g/mol. The molecule has 5 nitrogen and oxygen atoms in total. The van der Waals surface area contributed by atoms with Gasteiger partial charge in [0.25, 0.3) is 0 Å². The van der Waals surface area contributed by atoms with Gasteiger partial charge in [-0.2, -0.15) is 0 Å². The summed E-state index contributed by atoms with van der Waals surface area (Å²) >= 11 is 0. The van der Waals surface area contributed by atoms with E-state index in [0.29, 0.717) is 6.61 Å². The summed E-state index contributed by atoms with van der Waals surface area (Å²) in [7, 11) is 3.69. The van der Waals surface area contributed by atoms with Crippen molar-refractivity contribution in [1.29, 1.82) is 0 Å². The zero-order valence-electron chi connectivity index (χ0n) is 18.5. The number of methoxy groups -OCH3 is 2. The first kappa shape index (κ1) is 23.1. The van der Waals surface area contributed by atoms with Crippen molar-refractivity contribution in [2.24, 2.45) is 16.2 Å². The Morgan fingerprint density at radius 3 is 1.59 bits per heavy atom. The number of hydrogen-bond donors (Lipinski definition) is 0. The van der Waals surface area contributed by atoms with E-state index < -0.39 is 0 Å². The maximum atomic E-state index is 6.27. The lowest BCUT2D eigenvalue weighted by Gasteiger charge is -2.60. The molecule has 2 aliphatic heterocycles. The quantitative estimate of drug-likeness (QED) is 0.421. The number of hydrogen-bond acceptors (Lipinski definition) is 5. The van der Waals surface area contributed by atoms with Crippen LogP contribution in [0.4, 0.5) is 0 Å². The highest BCUT2D eigenvalue weighted by Gasteiger charge is 2.62. The molecule has 0 aromatic heterocycles. The summed E-state index contributed by atoms with van der Waals surface area (Å²) in [6.07, 6.45) is 5.30. The summed E-state index contributed by atoms with van der Waals surface area (Å²) in [5, 5.41) is 0. The van der Waals surface area contributed by atoms with E-state index in [-0.39, 0.29) is 28.5 Å². The molecule has 160 valence electrons.